The average Bonchev–Trinajstić information content (AvgIpc) is 0.752. The largest absolute Gasteiger partial charge is 0.505 e. The van der Waals surface area contributed by atoms with E-state index in [1.807, 2.05) is 0 Å². The quantitative estimate of drug-likeness (QED) is 0.00412. The number of nitrogens with two attached hydrogens (primary N) is 2. The van der Waals surface area contributed by atoms with E-state index in [-0.39, 0.29) is 24.6 Å². The summed E-state index contributed by atoms with van der Waals surface area (Å²) >= 11 is -7.18. The van der Waals surface area contributed by atoms with Gasteiger partial charge >= 0.3 is 0 Å². The molecule has 0 aliphatic rings. The number of nitrogen functional groups attached to an aromatic ring is 2. The summed E-state index contributed by atoms with van der Waals surface area (Å²) in [4.78, 5) is 3.44. The third-order valence-electron chi connectivity index (χ3n) is 12.2. The number of rotatable bonds is 28. The molecule has 0 aliphatic carbocycles. The lowest BCUT2D eigenvalue weighted by molar-refractivity contribution is -0.195. The molecule has 0 bridgehead atoms. The molecule has 24 N–H and O–H groups in total. The van der Waals surface area contributed by atoms with Gasteiger partial charge in [0.25, 0.3) is 30.4 Å². The van der Waals surface area contributed by atoms with Crippen LogP contribution in [-0.2, 0) is 57.2 Å². The molecule has 0 fully saturated rings. The third-order valence-corrected chi connectivity index (χ3v) is 19.8. The van der Waals surface area contributed by atoms with Crippen molar-refractivity contribution in [2.75, 3.05) is 37.9 Å². The van der Waals surface area contributed by atoms with E-state index in [2.05, 4.69) is 49.3 Å². The molecule has 534 valence electrons. The zero-order chi connectivity index (χ0) is 72.5. The van der Waals surface area contributed by atoms with Crippen LogP contribution < -0.4 is 11.5 Å². The van der Waals surface area contributed by atoms with E-state index in [0.717, 1.165) is 6.07 Å². The number of aromatic hydroxyl groups is 2. The summed E-state index contributed by atoms with van der Waals surface area (Å²) in [5.41, 5.74) is 5.35. The van der Waals surface area contributed by atoms with E-state index < -0.39 is 217 Å². The fourth-order valence-corrected chi connectivity index (χ4v) is 13.9. The SMILES string of the molecule is Nc1c(N=Nc2cc(S(=O)(=O)O)c3cc(N=Nc4c(S(=O)(=O)O)cc5cc(S(O)(O)O)c(N=Nc6ccc(SOOCCOS(O)(O)O)cc6)c(O)c5c4N)cc(S(O)(O)O)c3c2)c(S(=O)(=O)O)cc2cc(S(O)(O)O)c(N=Nc3ccc(SOOCCOS(O)(O)O)cc3)c(O)c12. The molecule has 0 aromatic heterocycles. The molecule has 52 heteroatoms. The highest BCUT2D eigenvalue weighted by molar-refractivity contribution is 8.20. The Labute approximate surface area is 565 Å². The average molecular weight is 1570 g/mol. The summed E-state index contributed by atoms with van der Waals surface area (Å²) in [6, 6.07) is 15.8. The highest BCUT2D eigenvalue weighted by Crippen LogP contribution is 2.59. The summed E-state index contributed by atoms with van der Waals surface area (Å²) in [6.07, 6.45) is 0. The minimum absolute atomic E-state index is 0.0183. The topological polar surface area (TPSA) is 713 Å². The van der Waals surface area contributed by atoms with Gasteiger partial charge in [-0.15, -0.1) is 20.5 Å². The van der Waals surface area contributed by atoms with E-state index >= 15 is 0 Å². The Morgan fingerprint density at radius 2 is 0.653 bits per heavy atom. The van der Waals surface area contributed by atoms with Crippen LogP contribution in [0.15, 0.2) is 177 Å². The van der Waals surface area contributed by atoms with Crippen molar-refractivity contribution < 1.29 is 144 Å². The molecule has 0 heterocycles. The van der Waals surface area contributed by atoms with Gasteiger partial charge < -0.3 is 62.7 Å². The second kappa shape index (κ2) is 30.0. The first kappa shape index (κ1) is 77.2. The Morgan fingerprint density at radius 3 is 0.980 bits per heavy atom. The summed E-state index contributed by atoms with van der Waals surface area (Å²) in [6.45, 7) is -1.66. The number of phenols is 2. The van der Waals surface area contributed by atoms with Gasteiger partial charge in [-0.3, -0.25) is 49.3 Å². The van der Waals surface area contributed by atoms with Crippen LogP contribution in [-0.4, -0.2) is 144 Å². The maximum atomic E-state index is 13.2. The van der Waals surface area contributed by atoms with Crippen molar-refractivity contribution in [3.63, 3.8) is 0 Å². The number of fused-ring (bicyclic) bond motifs is 3. The first-order chi connectivity index (χ1) is 45.3. The molecule has 0 radical (unpaired) electrons. The van der Waals surface area contributed by atoms with Crippen LogP contribution in [0.25, 0.3) is 32.3 Å². The number of hydrogen-bond acceptors (Lipinski definition) is 41. The fourth-order valence-electron chi connectivity index (χ4n) is 8.28. The van der Waals surface area contributed by atoms with E-state index in [9.17, 15) is 90.1 Å². The molecule has 8 aromatic carbocycles. The van der Waals surface area contributed by atoms with E-state index in [1.54, 1.807) is 0 Å². The van der Waals surface area contributed by atoms with Gasteiger partial charge in [0.1, 0.15) is 83.3 Å². The van der Waals surface area contributed by atoms with Crippen molar-refractivity contribution in [3.8, 4) is 11.5 Å². The zero-order valence-corrected chi connectivity index (χ0v) is 55.9. The highest BCUT2D eigenvalue weighted by atomic mass is 32.3. The molecule has 0 aliphatic heterocycles. The lowest BCUT2D eigenvalue weighted by atomic mass is 10.0. The summed E-state index contributed by atoms with van der Waals surface area (Å²) in [5, 5.41) is 49.9. The third kappa shape index (κ3) is 19.5. The van der Waals surface area contributed by atoms with E-state index in [0.29, 0.717) is 76.3 Å². The minimum Gasteiger partial charge on any atom is -0.505 e. The summed E-state index contributed by atoms with van der Waals surface area (Å²) in [7, 11) is -31.6. The monoisotopic (exact) mass is 1570 g/mol. The predicted octanol–water partition coefficient (Wildman–Crippen LogP) is 15.1. The van der Waals surface area contributed by atoms with E-state index in [4.69, 9.17) is 57.2 Å². The number of phenolic OH excluding ortho intramolecular Hbond substituents is 2. The van der Waals surface area contributed by atoms with Gasteiger partial charge in [-0.1, -0.05) is 0 Å². The van der Waals surface area contributed by atoms with Crippen LogP contribution in [0.4, 0.5) is 56.9 Å². The smallest absolute Gasteiger partial charge is 0.296 e. The van der Waals surface area contributed by atoms with Crippen molar-refractivity contribution >= 4 is 199 Å². The molecular formula is C46H48N10O32S10. The van der Waals surface area contributed by atoms with Crippen molar-refractivity contribution in [2.24, 2.45) is 40.9 Å². The molecule has 8 rings (SSSR count). The number of benzene rings is 8. The van der Waals surface area contributed by atoms with Gasteiger partial charge in [-0.25, -0.2) is 9.78 Å². The molecule has 42 nitrogen and oxygen atoms in total. The Bertz CT molecular complexity index is 4880. The summed E-state index contributed by atoms with van der Waals surface area (Å²) in [5.74, 6) is -2.31. The lowest BCUT2D eigenvalue weighted by Gasteiger charge is -2.23. The van der Waals surface area contributed by atoms with Crippen LogP contribution >= 0.6 is 79.0 Å². The Kier molecular flexibility index (Phi) is 23.6. The van der Waals surface area contributed by atoms with Crippen molar-refractivity contribution in [1.29, 1.82) is 0 Å². The molecular weight excluding hydrogens is 1530 g/mol. The number of azo groups is 4. The van der Waals surface area contributed by atoms with Gasteiger partial charge in [0.2, 0.25) is 22.3 Å². The fraction of sp³-hybridized carbons (Fsp3) is 0.0870. The maximum Gasteiger partial charge on any atom is 0.296 e. The molecule has 0 amide bonds. The van der Waals surface area contributed by atoms with Crippen LogP contribution in [0.3, 0.4) is 0 Å². The van der Waals surface area contributed by atoms with Crippen LogP contribution in [0.5, 0.6) is 11.5 Å². The normalized spacial score (nSPS) is 14.3. The van der Waals surface area contributed by atoms with Crippen molar-refractivity contribution in [2.45, 2.75) is 39.2 Å². The molecule has 8 aromatic rings. The second-order valence-electron chi connectivity index (χ2n) is 18.9. The number of nitrogens with zero attached hydrogens (tertiary/aromatic N) is 8. The molecule has 0 saturated heterocycles. The van der Waals surface area contributed by atoms with Crippen molar-refractivity contribution in [1.82, 2.24) is 0 Å². The van der Waals surface area contributed by atoms with Gasteiger partial charge in [0, 0.05) is 20.6 Å². The predicted molar refractivity (Wildman–Crippen MR) is 353 cm³/mol. The van der Waals surface area contributed by atoms with Gasteiger partial charge in [0.15, 0.2) is 11.5 Å². The Balaban J connectivity index is 1.17. The van der Waals surface area contributed by atoms with Gasteiger partial charge in [0.05, 0.1) is 96.9 Å². The van der Waals surface area contributed by atoms with Crippen LogP contribution in [0.1, 0.15) is 0 Å². The van der Waals surface area contributed by atoms with E-state index in [1.165, 1.54) is 48.5 Å². The van der Waals surface area contributed by atoms with Crippen molar-refractivity contribution in [3.05, 3.63) is 97.1 Å². The number of anilines is 2. The molecule has 0 unspecified atom stereocenters. The minimum atomic E-state index is -5.60. The lowest BCUT2D eigenvalue weighted by Crippen LogP contribution is -2.07. The molecule has 0 spiro atoms. The molecule has 0 saturated carbocycles. The molecule has 98 heavy (non-hydrogen) atoms. The van der Waals surface area contributed by atoms with Gasteiger partial charge in [-0.05, 0) is 108 Å². The van der Waals surface area contributed by atoms with Gasteiger partial charge in [-0.2, -0.15) is 54.4 Å². The summed E-state index contributed by atoms with van der Waals surface area (Å²) < 4.78 is 276. The standard InChI is InChI=1S/C46H48N10O32S10/c47-39-37-21(15-35(95(71,72)73)43(45(37)57)55-49-23-1-5-27(6-2-23)89-87-83-9-11-85-97(77,78)79)13-33(93(65,66)67)41(39)53-51-25-17-29-30(31(19-25)91(59,60)61)18-26(20-32(29)92(62,63)64)52-54-42-34(94(68,69)70)14-22-16-36(96(74,75)76)44(46(58)38(22)40(42)48)56-50-24-3-7-28(8-4-24)90-88-84-10-12-86-98(80,81)82/h1-8,13-20,57-61,71-82H,9-12,47-48H2,(H,62,63,64)(H,65,66,67)(H,68,69,70). The Hall–Kier alpha value is -6.52. The first-order valence-electron chi connectivity index (χ1n) is 25.2. The maximum absolute atomic E-state index is 13.2. The first-order valence-corrected chi connectivity index (χ1v) is 38.4. The second-order valence-corrected chi connectivity index (χ2v) is 31.4. The Morgan fingerprint density at radius 1 is 0.347 bits per heavy atom. The highest BCUT2D eigenvalue weighted by Gasteiger charge is 2.33. The number of hydrogen-bond donors (Lipinski definition) is 22. The van der Waals surface area contributed by atoms with Crippen LogP contribution in [0, 0.1) is 0 Å². The van der Waals surface area contributed by atoms with Crippen LogP contribution in [0.2, 0.25) is 0 Å². The zero-order valence-electron chi connectivity index (χ0n) is 47.7. The molecule has 0 atom stereocenters.